The van der Waals surface area contributed by atoms with Crippen molar-refractivity contribution in [1.82, 2.24) is 0 Å². The Kier molecular flexibility index (Phi) is 4.62. The lowest BCUT2D eigenvalue weighted by atomic mass is 10.1. The van der Waals surface area contributed by atoms with E-state index in [0.29, 0.717) is 11.8 Å². The van der Waals surface area contributed by atoms with Gasteiger partial charge >= 0.3 is 0 Å². The molecule has 0 aromatic heterocycles. The predicted molar refractivity (Wildman–Crippen MR) is 98.5 cm³/mol. The number of para-hydroxylation sites is 1. The van der Waals surface area contributed by atoms with Crippen LogP contribution < -0.4 is 10.2 Å². The predicted octanol–water partition coefficient (Wildman–Crippen LogP) is 4.24. The number of hydrogen-bond acceptors (Lipinski definition) is 3. The molecule has 0 fully saturated rings. The average Bonchev–Trinajstić information content (AvgIpc) is 2.51. The molecule has 120 valence electrons. The maximum absolute atomic E-state index is 12.5. The van der Waals surface area contributed by atoms with Crippen molar-refractivity contribution in [2.24, 2.45) is 0 Å². The molecule has 3 nitrogen and oxygen atoms in total. The molecule has 1 aliphatic heterocycles. The zero-order valence-electron chi connectivity index (χ0n) is 13.8. The fourth-order valence-electron chi connectivity index (χ4n) is 2.88. The fraction of sp³-hybridized carbons (Fsp3) is 0.316. The van der Waals surface area contributed by atoms with Gasteiger partial charge in [-0.05, 0) is 43.2 Å². The van der Waals surface area contributed by atoms with Crippen molar-refractivity contribution in [3.05, 3.63) is 53.6 Å². The molecule has 1 atom stereocenters. The molecule has 0 saturated heterocycles. The van der Waals surface area contributed by atoms with Crippen molar-refractivity contribution in [1.29, 1.82) is 0 Å². The topological polar surface area (TPSA) is 32.3 Å². The van der Waals surface area contributed by atoms with Gasteiger partial charge in [-0.3, -0.25) is 4.79 Å². The van der Waals surface area contributed by atoms with E-state index in [2.05, 4.69) is 48.3 Å². The number of rotatable bonds is 3. The quantitative estimate of drug-likeness (QED) is 0.915. The summed E-state index contributed by atoms with van der Waals surface area (Å²) in [7, 11) is 0. The number of benzene rings is 2. The number of carbonyl (C=O) groups is 1. The summed E-state index contributed by atoms with van der Waals surface area (Å²) < 4.78 is 0. The van der Waals surface area contributed by atoms with Crippen molar-refractivity contribution in [3.63, 3.8) is 0 Å². The first-order chi connectivity index (χ1) is 11.0. The molecule has 1 amide bonds. The smallest absolute Gasteiger partial charge is 0.243 e. The van der Waals surface area contributed by atoms with Crippen LogP contribution >= 0.6 is 11.8 Å². The Morgan fingerprint density at radius 1 is 1.22 bits per heavy atom. The third-order valence-corrected chi connectivity index (χ3v) is 5.38. The highest BCUT2D eigenvalue weighted by atomic mass is 32.2. The number of carbonyl (C=O) groups excluding carboxylic acids is 1. The average molecular weight is 326 g/mol. The summed E-state index contributed by atoms with van der Waals surface area (Å²) in [5.41, 5.74) is 4.38. The molecule has 0 aliphatic carbocycles. The van der Waals surface area contributed by atoms with Gasteiger partial charge < -0.3 is 10.2 Å². The van der Waals surface area contributed by atoms with Crippen molar-refractivity contribution >= 4 is 29.0 Å². The van der Waals surface area contributed by atoms with Crippen LogP contribution in [0.1, 0.15) is 18.1 Å². The lowest BCUT2D eigenvalue weighted by Gasteiger charge is -2.33. The largest absolute Gasteiger partial charge is 0.360 e. The number of hydrogen-bond donors (Lipinski definition) is 1. The van der Waals surface area contributed by atoms with E-state index in [9.17, 15) is 4.79 Å². The summed E-state index contributed by atoms with van der Waals surface area (Å²) in [4.78, 5) is 15.9. The minimum atomic E-state index is 0.0348. The molecule has 1 aliphatic rings. The molecule has 1 N–H and O–H groups in total. The molecular weight excluding hydrogens is 304 g/mol. The molecule has 0 radical (unpaired) electrons. The van der Waals surface area contributed by atoms with Crippen LogP contribution in [0.25, 0.3) is 0 Å². The Morgan fingerprint density at radius 2 is 2.00 bits per heavy atom. The number of amides is 1. The second kappa shape index (κ2) is 6.67. The number of anilines is 2. The van der Waals surface area contributed by atoms with Gasteiger partial charge in [-0.25, -0.2) is 0 Å². The normalized spacial score (nSPS) is 16.8. The van der Waals surface area contributed by atoms with E-state index >= 15 is 0 Å². The van der Waals surface area contributed by atoms with Gasteiger partial charge in [0.15, 0.2) is 0 Å². The molecule has 2 aromatic carbocycles. The number of nitrogens with one attached hydrogen (secondary N) is 1. The lowest BCUT2D eigenvalue weighted by molar-refractivity contribution is -0.115. The zero-order chi connectivity index (χ0) is 16.4. The molecule has 0 unspecified atom stereocenters. The van der Waals surface area contributed by atoms with Crippen molar-refractivity contribution < 1.29 is 4.79 Å². The first-order valence-electron chi connectivity index (χ1n) is 7.91. The van der Waals surface area contributed by atoms with E-state index < -0.39 is 0 Å². The summed E-state index contributed by atoms with van der Waals surface area (Å²) in [5.74, 6) is 0.0348. The van der Waals surface area contributed by atoms with Crippen LogP contribution in [0.15, 0.2) is 47.4 Å². The Hall–Kier alpha value is -1.94. The van der Waals surface area contributed by atoms with Crippen LogP contribution in [0.2, 0.25) is 0 Å². The summed E-state index contributed by atoms with van der Waals surface area (Å²) in [5, 5.41) is 3.54. The van der Waals surface area contributed by atoms with Crippen LogP contribution in [0.4, 0.5) is 11.4 Å². The van der Waals surface area contributed by atoms with Crippen molar-refractivity contribution in [3.8, 4) is 0 Å². The molecular formula is C19H22N2OS. The van der Waals surface area contributed by atoms with Gasteiger partial charge in [0.2, 0.25) is 5.91 Å². The van der Waals surface area contributed by atoms with E-state index in [4.69, 9.17) is 0 Å². The number of thioether (sulfide) groups is 1. The van der Waals surface area contributed by atoms with Crippen molar-refractivity contribution in [2.45, 2.75) is 30.9 Å². The number of aryl methyl sites for hydroxylation is 1. The van der Waals surface area contributed by atoms with E-state index in [1.54, 1.807) is 0 Å². The molecule has 23 heavy (non-hydrogen) atoms. The Bertz CT molecular complexity index is 729. The highest BCUT2D eigenvalue weighted by Crippen LogP contribution is 2.37. The van der Waals surface area contributed by atoms with Gasteiger partial charge in [-0.2, -0.15) is 0 Å². The summed E-state index contributed by atoms with van der Waals surface area (Å²) in [6, 6.07) is 14.3. The molecule has 0 saturated carbocycles. The highest BCUT2D eigenvalue weighted by Gasteiger charge is 2.23. The minimum absolute atomic E-state index is 0.0348. The van der Waals surface area contributed by atoms with Gasteiger partial charge in [0.05, 0.1) is 12.2 Å². The summed E-state index contributed by atoms with van der Waals surface area (Å²) in [6.45, 7) is 7.58. The lowest BCUT2D eigenvalue weighted by Crippen LogP contribution is -2.39. The maximum Gasteiger partial charge on any atom is 0.243 e. The highest BCUT2D eigenvalue weighted by molar-refractivity contribution is 8.00. The van der Waals surface area contributed by atoms with E-state index in [0.717, 1.165) is 23.5 Å². The van der Waals surface area contributed by atoms with Gasteiger partial charge in [-0.15, -0.1) is 11.8 Å². The second-order valence-electron chi connectivity index (χ2n) is 6.07. The molecule has 1 heterocycles. The van der Waals surface area contributed by atoms with Gasteiger partial charge in [0.1, 0.15) is 0 Å². The third-order valence-electron chi connectivity index (χ3n) is 4.22. The van der Waals surface area contributed by atoms with Gasteiger partial charge in [0.25, 0.3) is 0 Å². The first kappa shape index (κ1) is 15.9. The van der Waals surface area contributed by atoms with E-state index in [1.807, 2.05) is 36.9 Å². The minimum Gasteiger partial charge on any atom is -0.360 e. The standard InChI is InChI=1S/C19H22N2OS/c1-13-7-6-8-16(15(13)3)20-19(22)12-21-11-14(2)23-18-10-5-4-9-17(18)21/h4-10,14H,11-12H2,1-3H3,(H,20,22)/t14-/m0/s1. The van der Waals surface area contributed by atoms with Gasteiger partial charge in [0, 0.05) is 22.4 Å². The first-order valence-corrected chi connectivity index (χ1v) is 8.79. The van der Waals surface area contributed by atoms with Crippen LogP contribution in [0, 0.1) is 13.8 Å². The van der Waals surface area contributed by atoms with Crippen LogP contribution in [-0.2, 0) is 4.79 Å². The SMILES string of the molecule is Cc1cccc(NC(=O)CN2C[C@H](C)Sc3ccccc32)c1C. The second-order valence-corrected chi connectivity index (χ2v) is 7.55. The fourth-order valence-corrected chi connectivity index (χ4v) is 4.04. The molecule has 4 heteroatoms. The molecule has 0 bridgehead atoms. The Morgan fingerprint density at radius 3 is 2.83 bits per heavy atom. The Balaban J connectivity index is 1.74. The van der Waals surface area contributed by atoms with E-state index in [1.165, 1.54) is 10.5 Å². The van der Waals surface area contributed by atoms with Crippen LogP contribution in [0.5, 0.6) is 0 Å². The number of fused-ring (bicyclic) bond motifs is 1. The Labute approximate surface area is 142 Å². The monoisotopic (exact) mass is 326 g/mol. The number of nitrogens with zero attached hydrogens (tertiary/aromatic N) is 1. The van der Waals surface area contributed by atoms with Crippen LogP contribution in [0.3, 0.4) is 0 Å². The van der Waals surface area contributed by atoms with Crippen molar-refractivity contribution in [2.75, 3.05) is 23.3 Å². The third kappa shape index (κ3) is 3.53. The summed E-state index contributed by atoms with van der Waals surface area (Å²) in [6.07, 6.45) is 0. The molecule has 0 spiro atoms. The van der Waals surface area contributed by atoms with E-state index in [-0.39, 0.29) is 5.91 Å². The summed E-state index contributed by atoms with van der Waals surface area (Å²) >= 11 is 1.88. The molecule has 2 aromatic rings. The molecule has 3 rings (SSSR count). The van der Waals surface area contributed by atoms with Crippen LogP contribution in [-0.4, -0.2) is 24.2 Å². The van der Waals surface area contributed by atoms with Gasteiger partial charge in [-0.1, -0.05) is 31.2 Å². The zero-order valence-corrected chi connectivity index (χ0v) is 14.6. The maximum atomic E-state index is 12.5.